The molecule has 1 heteroatoms. The van der Waals surface area contributed by atoms with E-state index in [1.807, 2.05) is 25.1 Å². The molecular weight excluding hydrogens is 160 g/mol. The van der Waals surface area contributed by atoms with Crippen LogP contribution < -0.4 is 0 Å². The Balaban J connectivity index is 3.22. The SMILES string of the molecule is CCC(C)(C)c1cccc(C)c1O. The van der Waals surface area contributed by atoms with E-state index >= 15 is 0 Å². The maximum Gasteiger partial charge on any atom is 0.122 e. The van der Waals surface area contributed by atoms with Crippen LogP contribution >= 0.6 is 0 Å². The number of aromatic hydroxyl groups is 1. The van der Waals surface area contributed by atoms with Crippen molar-refractivity contribution in [1.82, 2.24) is 0 Å². The van der Waals surface area contributed by atoms with E-state index in [0.29, 0.717) is 5.75 Å². The standard InChI is InChI=1S/C12H18O/c1-5-12(3,4)10-8-6-7-9(2)11(10)13/h6-8,13H,5H2,1-4H3. The van der Waals surface area contributed by atoms with Gasteiger partial charge in [0.05, 0.1) is 0 Å². The monoisotopic (exact) mass is 178 g/mol. The summed E-state index contributed by atoms with van der Waals surface area (Å²) in [6, 6.07) is 5.94. The molecule has 1 aromatic carbocycles. The molecule has 0 amide bonds. The molecule has 13 heavy (non-hydrogen) atoms. The summed E-state index contributed by atoms with van der Waals surface area (Å²) in [6.45, 7) is 8.38. The van der Waals surface area contributed by atoms with Crippen LogP contribution in [0.2, 0.25) is 0 Å². The van der Waals surface area contributed by atoms with E-state index in [2.05, 4.69) is 20.8 Å². The molecule has 1 nitrogen and oxygen atoms in total. The molecule has 1 N–H and O–H groups in total. The van der Waals surface area contributed by atoms with E-state index in [4.69, 9.17) is 0 Å². The van der Waals surface area contributed by atoms with Crippen LogP contribution in [0.3, 0.4) is 0 Å². The molecule has 0 aromatic heterocycles. The van der Waals surface area contributed by atoms with Gasteiger partial charge in [-0.05, 0) is 29.9 Å². The minimum atomic E-state index is 0.0656. The number of phenolic OH excluding ortho intramolecular Hbond substituents is 1. The largest absolute Gasteiger partial charge is 0.507 e. The second-order valence-electron chi connectivity index (χ2n) is 4.21. The maximum atomic E-state index is 9.86. The molecule has 72 valence electrons. The van der Waals surface area contributed by atoms with Crippen molar-refractivity contribution in [2.24, 2.45) is 0 Å². The maximum absolute atomic E-state index is 9.86. The number of rotatable bonds is 2. The molecule has 0 aliphatic carbocycles. The van der Waals surface area contributed by atoms with Gasteiger partial charge in [-0.1, -0.05) is 39.0 Å². The lowest BCUT2D eigenvalue weighted by Gasteiger charge is -2.24. The molecule has 0 bridgehead atoms. The van der Waals surface area contributed by atoms with Crippen molar-refractivity contribution in [1.29, 1.82) is 0 Å². The molecule has 0 saturated carbocycles. The highest BCUT2D eigenvalue weighted by Crippen LogP contribution is 2.34. The predicted molar refractivity (Wildman–Crippen MR) is 56.2 cm³/mol. The summed E-state index contributed by atoms with van der Waals surface area (Å²) in [5.74, 6) is 0.453. The van der Waals surface area contributed by atoms with Crippen molar-refractivity contribution in [3.05, 3.63) is 29.3 Å². The highest BCUT2D eigenvalue weighted by Gasteiger charge is 2.21. The van der Waals surface area contributed by atoms with Crippen LogP contribution in [0.25, 0.3) is 0 Å². The zero-order chi connectivity index (χ0) is 10.1. The van der Waals surface area contributed by atoms with E-state index in [0.717, 1.165) is 17.5 Å². The lowest BCUT2D eigenvalue weighted by atomic mass is 9.81. The first-order valence-corrected chi connectivity index (χ1v) is 4.78. The quantitative estimate of drug-likeness (QED) is 0.736. The third-order valence-corrected chi connectivity index (χ3v) is 2.85. The molecule has 1 aromatic rings. The van der Waals surface area contributed by atoms with Crippen molar-refractivity contribution < 1.29 is 5.11 Å². The number of hydrogen-bond donors (Lipinski definition) is 1. The molecule has 0 fully saturated rings. The van der Waals surface area contributed by atoms with Crippen molar-refractivity contribution in [2.45, 2.75) is 39.5 Å². The van der Waals surface area contributed by atoms with E-state index in [9.17, 15) is 5.11 Å². The lowest BCUT2D eigenvalue weighted by Crippen LogP contribution is -2.15. The predicted octanol–water partition coefficient (Wildman–Crippen LogP) is 3.39. The van der Waals surface area contributed by atoms with Gasteiger partial charge in [0.25, 0.3) is 0 Å². The van der Waals surface area contributed by atoms with Gasteiger partial charge in [0.1, 0.15) is 5.75 Å². The average Bonchev–Trinajstić information content (AvgIpc) is 2.09. The fourth-order valence-electron chi connectivity index (χ4n) is 1.40. The zero-order valence-electron chi connectivity index (χ0n) is 8.89. The summed E-state index contributed by atoms with van der Waals surface area (Å²) >= 11 is 0. The first kappa shape index (κ1) is 10.1. The Labute approximate surface area is 80.4 Å². The number of aryl methyl sites for hydroxylation is 1. The van der Waals surface area contributed by atoms with Gasteiger partial charge in [0.15, 0.2) is 0 Å². The number of phenols is 1. The Morgan fingerprint density at radius 2 is 1.92 bits per heavy atom. The smallest absolute Gasteiger partial charge is 0.122 e. The summed E-state index contributed by atoms with van der Waals surface area (Å²) in [5.41, 5.74) is 2.07. The van der Waals surface area contributed by atoms with E-state index < -0.39 is 0 Å². The van der Waals surface area contributed by atoms with Crippen LogP contribution in [0.15, 0.2) is 18.2 Å². The van der Waals surface area contributed by atoms with Crippen molar-refractivity contribution in [2.75, 3.05) is 0 Å². The Morgan fingerprint density at radius 3 is 2.46 bits per heavy atom. The number of para-hydroxylation sites is 1. The summed E-state index contributed by atoms with van der Waals surface area (Å²) in [4.78, 5) is 0. The molecule has 0 aliphatic heterocycles. The van der Waals surface area contributed by atoms with Gasteiger partial charge in [0.2, 0.25) is 0 Å². The molecule has 1 rings (SSSR count). The normalized spacial score (nSPS) is 11.7. The van der Waals surface area contributed by atoms with Crippen LogP contribution in [0.5, 0.6) is 5.75 Å². The molecule has 0 heterocycles. The van der Waals surface area contributed by atoms with Crippen LogP contribution in [-0.2, 0) is 5.41 Å². The average molecular weight is 178 g/mol. The highest BCUT2D eigenvalue weighted by atomic mass is 16.3. The fourth-order valence-corrected chi connectivity index (χ4v) is 1.40. The van der Waals surface area contributed by atoms with Gasteiger partial charge in [-0.25, -0.2) is 0 Å². The Morgan fingerprint density at radius 1 is 1.31 bits per heavy atom. The molecule has 0 unspecified atom stereocenters. The van der Waals surface area contributed by atoms with Crippen molar-refractivity contribution in [3.63, 3.8) is 0 Å². The summed E-state index contributed by atoms with van der Waals surface area (Å²) in [6.07, 6.45) is 1.03. The minimum absolute atomic E-state index is 0.0656. The van der Waals surface area contributed by atoms with Gasteiger partial charge in [-0.2, -0.15) is 0 Å². The van der Waals surface area contributed by atoms with E-state index in [1.54, 1.807) is 0 Å². The molecule has 0 atom stereocenters. The van der Waals surface area contributed by atoms with Crippen LogP contribution in [-0.4, -0.2) is 5.11 Å². The first-order chi connectivity index (χ1) is 5.99. The molecule has 0 saturated heterocycles. The van der Waals surface area contributed by atoms with Crippen LogP contribution in [0.1, 0.15) is 38.3 Å². The first-order valence-electron chi connectivity index (χ1n) is 4.78. The zero-order valence-corrected chi connectivity index (χ0v) is 8.89. The van der Waals surface area contributed by atoms with Crippen molar-refractivity contribution in [3.8, 4) is 5.75 Å². The van der Waals surface area contributed by atoms with Gasteiger partial charge in [-0.15, -0.1) is 0 Å². The summed E-state index contributed by atoms with van der Waals surface area (Å²) < 4.78 is 0. The second-order valence-corrected chi connectivity index (χ2v) is 4.21. The Bertz CT molecular complexity index is 300. The molecule has 0 radical (unpaired) electrons. The van der Waals surface area contributed by atoms with Crippen LogP contribution in [0, 0.1) is 6.92 Å². The summed E-state index contributed by atoms with van der Waals surface area (Å²) in [7, 11) is 0. The lowest BCUT2D eigenvalue weighted by molar-refractivity contribution is 0.425. The second kappa shape index (κ2) is 3.41. The minimum Gasteiger partial charge on any atom is -0.507 e. The number of hydrogen-bond acceptors (Lipinski definition) is 1. The van der Waals surface area contributed by atoms with Gasteiger partial charge in [-0.3, -0.25) is 0 Å². The Kier molecular flexibility index (Phi) is 2.65. The number of benzene rings is 1. The third-order valence-electron chi connectivity index (χ3n) is 2.85. The molecule has 0 spiro atoms. The van der Waals surface area contributed by atoms with E-state index in [-0.39, 0.29) is 5.41 Å². The van der Waals surface area contributed by atoms with Gasteiger partial charge >= 0.3 is 0 Å². The van der Waals surface area contributed by atoms with E-state index in [1.165, 1.54) is 0 Å². The topological polar surface area (TPSA) is 20.2 Å². The van der Waals surface area contributed by atoms with Crippen LogP contribution in [0.4, 0.5) is 0 Å². The fraction of sp³-hybridized carbons (Fsp3) is 0.500. The highest BCUT2D eigenvalue weighted by molar-refractivity contribution is 5.43. The van der Waals surface area contributed by atoms with Crippen molar-refractivity contribution >= 4 is 0 Å². The van der Waals surface area contributed by atoms with Gasteiger partial charge < -0.3 is 5.11 Å². The Hall–Kier alpha value is -0.980. The molecular formula is C12H18O. The van der Waals surface area contributed by atoms with Gasteiger partial charge in [0, 0.05) is 0 Å². The molecule has 0 aliphatic rings. The third kappa shape index (κ3) is 1.85. The summed E-state index contributed by atoms with van der Waals surface area (Å²) in [5, 5.41) is 9.86.